The van der Waals surface area contributed by atoms with Crippen molar-refractivity contribution in [3.05, 3.63) is 30.5 Å². The van der Waals surface area contributed by atoms with Crippen LogP contribution in [0.5, 0.6) is 0 Å². The molecule has 2 saturated heterocycles. The van der Waals surface area contributed by atoms with Crippen LogP contribution in [-0.2, 0) is 0 Å². The minimum atomic E-state index is 0. The molecule has 19 heavy (non-hydrogen) atoms. The van der Waals surface area contributed by atoms with Crippen molar-refractivity contribution in [2.75, 3.05) is 5.32 Å². The number of fused-ring (bicyclic) bond motifs is 3. The third kappa shape index (κ3) is 2.26. The van der Waals surface area contributed by atoms with Gasteiger partial charge in [0, 0.05) is 18.1 Å². The Kier molecular flexibility index (Phi) is 3.29. The standard InChI is InChI=1S/C14H16N4.ClH/c1-2-4-11-10(3-1)15-8-14(17-11)18-13-7-9-5-6-12(13)16-9;/h1-4,8-9,12-13,16H,5-7H2,(H,17,18);1H. The molecule has 0 aliphatic carbocycles. The average molecular weight is 277 g/mol. The van der Waals surface area contributed by atoms with E-state index in [2.05, 4.69) is 20.6 Å². The number of nitrogens with zero attached hydrogens (tertiary/aromatic N) is 2. The van der Waals surface area contributed by atoms with Gasteiger partial charge in [0.1, 0.15) is 5.82 Å². The van der Waals surface area contributed by atoms with Gasteiger partial charge in [0.15, 0.2) is 0 Å². The number of benzene rings is 1. The largest absolute Gasteiger partial charge is 0.364 e. The van der Waals surface area contributed by atoms with Gasteiger partial charge >= 0.3 is 0 Å². The second-order valence-electron chi connectivity index (χ2n) is 5.28. The molecule has 0 spiro atoms. The minimum absolute atomic E-state index is 0. The molecule has 1 aromatic heterocycles. The summed E-state index contributed by atoms with van der Waals surface area (Å²) in [5, 5.41) is 7.15. The van der Waals surface area contributed by atoms with Crippen molar-refractivity contribution >= 4 is 29.3 Å². The van der Waals surface area contributed by atoms with E-state index in [9.17, 15) is 0 Å². The van der Waals surface area contributed by atoms with Crippen molar-refractivity contribution in [1.29, 1.82) is 0 Å². The highest BCUT2D eigenvalue weighted by molar-refractivity contribution is 5.85. The Bertz CT molecular complexity index is 588. The Hall–Kier alpha value is -1.39. The van der Waals surface area contributed by atoms with Gasteiger partial charge in [-0.05, 0) is 31.4 Å². The van der Waals surface area contributed by atoms with E-state index in [4.69, 9.17) is 0 Å². The summed E-state index contributed by atoms with van der Waals surface area (Å²) in [5.74, 6) is 0.896. The fourth-order valence-electron chi connectivity index (χ4n) is 3.20. The monoisotopic (exact) mass is 276 g/mol. The lowest BCUT2D eigenvalue weighted by atomic mass is 9.95. The first-order valence-corrected chi connectivity index (χ1v) is 6.63. The van der Waals surface area contributed by atoms with E-state index in [0.29, 0.717) is 18.1 Å². The summed E-state index contributed by atoms with van der Waals surface area (Å²) in [7, 11) is 0. The first-order valence-electron chi connectivity index (χ1n) is 6.63. The van der Waals surface area contributed by atoms with E-state index in [-0.39, 0.29) is 12.4 Å². The van der Waals surface area contributed by atoms with Gasteiger partial charge in [0.2, 0.25) is 0 Å². The van der Waals surface area contributed by atoms with Gasteiger partial charge in [0.05, 0.1) is 17.2 Å². The van der Waals surface area contributed by atoms with Crippen LogP contribution in [0.2, 0.25) is 0 Å². The van der Waals surface area contributed by atoms with Crippen molar-refractivity contribution in [3.63, 3.8) is 0 Å². The first kappa shape index (κ1) is 12.6. The molecule has 2 aliphatic heterocycles. The number of halogens is 1. The second kappa shape index (κ2) is 4.94. The number of aromatic nitrogens is 2. The van der Waals surface area contributed by atoms with Gasteiger partial charge in [-0.15, -0.1) is 12.4 Å². The Morgan fingerprint density at radius 3 is 2.74 bits per heavy atom. The zero-order valence-corrected chi connectivity index (χ0v) is 11.4. The van der Waals surface area contributed by atoms with Gasteiger partial charge in [-0.2, -0.15) is 0 Å². The number of nitrogens with one attached hydrogen (secondary N) is 2. The normalized spacial score (nSPS) is 28.3. The highest BCUT2D eigenvalue weighted by atomic mass is 35.5. The molecule has 3 atom stereocenters. The molecule has 2 aliphatic rings. The molecule has 3 unspecified atom stereocenters. The van der Waals surface area contributed by atoms with Crippen LogP contribution in [-0.4, -0.2) is 28.1 Å². The van der Waals surface area contributed by atoms with Gasteiger partial charge in [-0.25, -0.2) is 4.98 Å². The molecule has 2 fully saturated rings. The second-order valence-corrected chi connectivity index (χ2v) is 5.28. The molecular formula is C14H17ClN4. The lowest BCUT2D eigenvalue weighted by molar-refractivity contribution is 0.526. The highest BCUT2D eigenvalue weighted by Gasteiger charge is 2.39. The van der Waals surface area contributed by atoms with Crippen molar-refractivity contribution in [2.45, 2.75) is 37.4 Å². The molecular weight excluding hydrogens is 260 g/mol. The first-order chi connectivity index (χ1) is 8.88. The topological polar surface area (TPSA) is 49.8 Å². The third-order valence-corrected chi connectivity index (χ3v) is 4.08. The third-order valence-electron chi connectivity index (χ3n) is 4.08. The van der Waals surface area contributed by atoms with Crippen LogP contribution in [0.15, 0.2) is 30.5 Å². The van der Waals surface area contributed by atoms with Crippen molar-refractivity contribution < 1.29 is 0 Å². The van der Waals surface area contributed by atoms with Crippen molar-refractivity contribution in [1.82, 2.24) is 15.3 Å². The maximum absolute atomic E-state index is 4.62. The summed E-state index contributed by atoms with van der Waals surface area (Å²) in [6.07, 6.45) is 5.66. The van der Waals surface area contributed by atoms with E-state index < -0.39 is 0 Å². The Morgan fingerprint density at radius 2 is 2.00 bits per heavy atom. The molecule has 3 heterocycles. The molecule has 2 bridgehead atoms. The zero-order valence-electron chi connectivity index (χ0n) is 10.5. The van der Waals surface area contributed by atoms with E-state index >= 15 is 0 Å². The zero-order chi connectivity index (χ0) is 11.9. The van der Waals surface area contributed by atoms with E-state index in [1.165, 1.54) is 19.3 Å². The van der Waals surface area contributed by atoms with Crippen LogP contribution in [0.4, 0.5) is 5.82 Å². The molecule has 0 radical (unpaired) electrons. The Labute approximate surface area is 118 Å². The predicted molar refractivity (Wildman–Crippen MR) is 78.8 cm³/mol. The lowest BCUT2D eigenvalue weighted by Crippen LogP contribution is -2.33. The molecule has 1 aromatic carbocycles. The van der Waals surface area contributed by atoms with Gasteiger partial charge < -0.3 is 10.6 Å². The van der Waals surface area contributed by atoms with Crippen LogP contribution in [0.3, 0.4) is 0 Å². The number of rotatable bonds is 2. The summed E-state index contributed by atoms with van der Waals surface area (Å²) in [6.45, 7) is 0. The molecule has 100 valence electrons. The Balaban J connectivity index is 0.00000110. The van der Waals surface area contributed by atoms with Crippen LogP contribution >= 0.6 is 12.4 Å². The maximum atomic E-state index is 4.62. The summed E-state index contributed by atoms with van der Waals surface area (Å²) < 4.78 is 0. The van der Waals surface area contributed by atoms with Crippen molar-refractivity contribution in [3.8, 4) is 0 Å². The number of para-hydroxylation sites is 2. The maximum Gasteiger partial charge on any atom is 0.145 e. The van der Waals surface area contributed by atoms with Gasteiger partial charge in [-0.1, -0.05) is 12.1 Å². The van der Waals surface area contributed by atoms with Gasteiger partial charge in [0.25, 0.3) is 0 Å². The fourth-order valence-corrected chi connectivity index (χ4v) is 3.20. The van der Waals surface area contributed by atoms with Gasteiger partial charge in [-0.3, -0.25) is 4.98 Å². The SMILES string of the molecule is Cl.c1ccc2nc(NC3CC4CCC3N4)cnc2c1. The smallest absolute Gasteiger partial charge is 0.145 e. The fraction of sp³-hybridized carbons (Fsp3) is 0.429. The quantitative estimate of drug-likeness (QED) is 0.884. The van der Waals surface area contributed by atoms with Crippen LogP contribution in [0.1, 0.15) is 19.3 Å². The number of hydrogen-bond donors (Lipinski definition) is 2. The summed E-state index contributed by atoms with van der Waals surface area (Å²) >= 11 is 0. The molecule has 4 nitrogen and oxygen atoms in total. The van der Waals surface area contributed by atoms with Crippen LogP contribution < -0.4 is 10.6 Å². The summed E-state index contributed by atoms with van der Waals surface area (Å²) in [4.78, 5) is 9.06. The highest BCUT2D eigenvalue weighted by Crippen LogP contribution is 2.30. The predicted octanol–water partition coefficient (Wildman–Crippen LogP) is 2.36. The molecule has 2 aromatic rings. The van der Waals surface area contributed by atoms with Crippen LogP contribution in [0, 0.1) is 0 Å². The molecule has 0 amide bonds. The molecule has 0 saturated carbocycles. The molecule has 2 N–H and O–H groups in total. The van der Waals surface area contributed by atoms with E-state index in [1.54, 1.807) is 0 Å². The van der Waals surface area contributed by atoms with E-state index in [0.717, 1.165) is 16.9 Å². The molecule has 4 rings (SSSR count). The lowest BCUT2D eigenvalue weighted by Gasteiger charge is -2.21. The number of anilines is 1. The van der Waals surface area contributed by atoms with E-state index in [1.807, 2.05) is 30.5 Å². The van der Waals surface area contributed by atoms with Crippen LogP contribution in [0.25, 0.3) is 11.0 Å². The molecule has 5 heteroatoms. The average Bonchev–Trinajstić information content (AvgIpc) is 3.01. The summed E-state index contributed by atoms with van der Waals surface area (Å²) in [6, 6.07) is 9.82. The van der Waals surface area contributed by atoms with Crippen molar-refractivity contribution in [2.24, 2.45) is 0 Å². The number of hydrogen-bond acceptors (Lipinski definition) is 4. The summed E-state index contributed by atoms with van der Waals surface area (Å²) in [5.41, 5.74) is 1.91. The Morgan fingerprint density at radius 1 is 1.16 bits per heavy atom. The minimum Gasteiger partial charge on any atom is -0.364 e.